The fourth-order valence-corrected chi connectivity index (χ4v) is 3.43. The van der Waals surface area contributed by atoms with E-state index in [1.54, 1.807) is 0 Å². The minimum absolute atomic E-state index is 0.770. The molecule has 0 aromatic heterocycles. The summed E-state index contributed by atoms with van der Waals surface area (Å²) in [5.74, 6) is 2.51. The monoisotopic (exact) mass is 251 g/mol. The molecule has 1 aliphatic carbocycles. The summed E-state index contributed by atoms with van der Waals surface area (Å²) in [6, 6.07) is 0.770. The second-order valence-corrected chi connectivity index (χ2v) is 6.54. The molecule has 1 fully saturated rings. The first-order chi connectivity index (χ1) is 8.56. The van der Waals surface area contributed by atoms with Gasteiger partial charge in [0.2, 0.25) is 0 Å². The van der Waals surface area contributed by atoms with Gasteiger partial charge in [0, 0.05) is 6.04 Å². The molecule has 0 aliphatic heterocycles. The van der Waals surface area contributed by atoms with Crippen LogP contribution >= 0.6 is 0 Å². The molecule has 4 unspecified atom stereocenters. The molecule has 0 aromatic rings. The summed E-state index contributed by atoms with van der Waals surface area (Å²) in [6.45, 7) is 7.13. The zero-order valence-corrected chi connectivity index (χ0v) is 13.2. The molecule has 0 heterocycles. The van der Waals surface area contributed by atoms with Crippen LogP contribution in [0.25, 0.3) is 0 Å². The first-order valence-electron chi connectivity index (χ1n) is 7.89. The number of nitrogens with zero attached hydrogens (tertiary/aromatic N) is 1. The molecule has 0 bridgehead atoms. The van der Waals surface area contributed by atoms with Crippen molar-refractivity contribution in [2.45, 2.75) is 65.3 Å². The topological polar surface area (TPSA) is 3.24 Å². The second kappa shape index (κ2) is 7.99. The Morgan fingerprint density at radius 2 is 1.78 bits per heavy atom. The molecule has 0 N–H and O–H groups in total. The molecule has 1 aliphatic rings. The van der Waals surface area contributed by atoms with E-state index >= 15 is 0 Å². The van der Waals surface area contributed by atoms with Crippen LogP contribution < -0.4 is 0 Å². The molecule has 4 atom stereocenters. The van der Waals surface area contributed by atoms with Gasteiger partial charge >= 0.3 is 0 Å². The third-order valence-electron chi connectivity index (χ3n) is 4.67. The SMILES string of the molecule is CCCCCC=CC1CC(N(C)C)C(C)CC1C. The third-order valence-corrected chi connectivity index (χ3v) is 4.67. The molecular weight excluding hydrogens is 218 g/mol. The Morgan fingerprint density at radius 3 is 2.39 bits per heavy atom. The van der Waals surface area contributed by atoms with Crippen LogP contribution in [-0.4, -0.2) is 25.0 Å². The van der Waals surface area contributed by atoms with Crippen LogP contribution in [0.1, 0.15) is 59.3 Å². The van der Waals surface area contributed by atoms with E-state index in [1.807, 2.05) is 0 Å². The molecular formula is C17H33N. The van der Waals surface area contributed by atoms with E-state index in [0.717, 1.165) is 23.8 Å². The Hall–Kier alpha value is -0.300. The summed E-state index contributed by atoms with van der Waals surface area (Å²) in [6.07, 6.45) is 13.0. The van der Waals surface area contributed by atoms with Crippen LogP contribution in [0.5, 0.6) is 0 Å². The lowest BCUT2D eigenvalue weighted by Gasteiger charge is -2.41. The Labute approximate surface area is 115 Å². The van der Waals surface area contributed by atoms with E-state index in [-0.39, 0.29) is 0 Å². The van der Waals surface area contributed by atoms with Crippen molar-refractivity contribution in [1.82, 2.24) is 4.90 Å². The predicted molar refractivity (Wildman–Crippen MR) is 81.8 cm³/mol. The number of hydrogen-bond acceptors (Lipinski definition) is 1. The van der Waals surface area contributed by atoms with Crippen LogP contribution in [0, 0.1) is 17.8 Å². The molecule has 0 radical (unpaired) electrons. The largest absolute Gasteiger partial charge is 0.306 e. The highest BCUT2D eigenvalue weighted by atomic mass is 15.1. The second-order valence-electron chi connectivity index (χ2n) is 6.54. The quantitative estimate of drug-likeness (QED) is 0.487. The zero-order valence-electron chi connectivity index (χ0n) is 13.2. The highest BCUT2D eigenvalue weighted by molar-refractivity contribution is 4.97. The normalized spacial score (nSPS) is 33.4. The molecule has 0 amide bonds. The minimum Gasteiger partial charge on any atom is -0.306 e. The van der Waals surface area contributed by atoms with Gasteiger partial charge in [-0.1, -0.05) is 45.8 Å². The van der Waals surface area contributed by atoms with Crippen molar-refractivity contribution in [1.29, 1.82) is 0 Å². The van der Waals surface area contributed by atoms with Gasteiger partial charge < -0.3 is 4.90 Å². The van der Waals surface area contributed by atoms with Crippen molar-refractivity contribution in [3.63, 3.8) is 0 Å². The van der Waals surface area contributed by atoms with E-state index in [9.17, 15) is 0 Å². The smallest absolute Gasteiger partial charge is 0.0121 e. The van der Waals surface area contributed by atoms with Gasteiger partial charge in [-0.2, -0.15) is 0 Å². The maximum atomic E-state index is 2.52. The lowest BCUT2D eigenvalue weighted by Crippen LogP contribution is -2.41. The molecule has 1 saturated carbocycles. The molecule has 0 saturated heterocycles. The van der Waals surface area contributed by atoms with E-state index in [2.05, 4.69) is 51.9 Å². The first kappa shape index (κ1) is 15.8. The maximum Gasteiger partial charge on any atom is 0.0121 e. The van der Waals surface area contributed by atoms with Crippen LogP contribution in [0.4, 0.5) is 0 Å². The number of rotatable bonds is 6. The van der Waals surface area contributed by atoms with Crippen molar-refractivity contribution in [2.24, 2.45) is 17.8 Å². The Kier molecular flexibility index (Phi) is 6.99. The van der Waals surface area contributed by atoms with Crippen molar-refractivity contribution >= 4 is 0 Å². The minimum atomic E-state index is 0.770. The number of unbranched alkanes of at least 4 members (excludes halogenated alkanes) is 3. The first-order valence-corrected chi connectivity index (χ1v) is 7.89. The highest BCUT2D eigenvalue weighted by Crippen LogP contribution is 2.36. The number of hydrogen-bond donors (Lipinski definition) is 0. The lowest BCUT2D eigenvalue weighted by molar-refractivity contribution is 0.111. The van der Waals surface area contributed by atoms with Gasteiger partial charge in [0.05, 0.1) is 0 Å². The standard InChI is InChI=1S/C17H33N/c1-6-7-8-9-10-11-16-13-17(18(4)5)15(3)12-14(16)2/h10-11,14-17H,6-9,12-13H2,1-5H3. The van der Waals surface area contributed by atoms with Gasteiger partial charge in [-0.3, -0.25) is 0 Å². The van der Waals surface area contributed by atoms with E-state index < -0.39 is 0 Å². The maximum absolute atomic E-state index is 2.52. The molecule has 0 spiro atoms. The summed E-state index contributed by atoms with van der Waals surface area (Å²) < 4.78 is 0. The van der Waals surface area contributed by atoms with Crippen LogP contribution in [0.3, 0.4) is 0 Å². The number of allylic oxidation sites excluding steroid dienone is 2. The Morgan fingerprint density at radius 1 is 1.06 bits per heavy atom. The van der Waals surface area contributed by atoms with Crippen LogP contribution in [0.2, 0.25) is 0 Å². The summed E-state index contributed by atoms with van der Waals surface area (Å²) in [5.41, 5.74) is 0. The third kappa shape index (κ3) is 4.76. The lowest BCUT2D eigenvalue weighted by atomic mass is 9.72. The molecule has 0 aromatic carbocycles. The average molecular weight is 251 g/mol. The fraction of sp³-hybridized carbons (Fsp3) is 0.882. The van der Waals surface area contributed by atoms with Gasteiger partial charge in [0.1, 0.15) is 0 Å². The summed E-state index contributed by atoms with van der Waals surface area (Å²) in [4.78, 5) is 2.43. The van der Waals surface area contributed by atoms with Crippen molar-refractivity contribution < 1.29 is 0 Å². The average Bonchev–Trinajstić information content (AvgIpc) is 2.30. The van der Waals surface area contributed by atoms with E-state index in [4.69, 9.17) is 0 Å². The predicted octanol–water partition coefficient (Wildman–Crippen LogP) is 4.74. The molecule has 1 rings (SSSR count). The fourth-order valence-electron chi connectivity index (χ4n) is 3.43. The van der Waals surface area contributed by atoms with Crippen LogP contribution in [0.15, 0.2) is 12.2 Å². The summed E-state index contributed by atoms with van der Waals surface area (Å²) >= 11 is 0. The summed E-state index contributed by atoms with van der Waals surface area (Å²) in [5, 5.41) is 0. The summed E-state index contributed by atoms with van der Waals surface area (Å²) in [7, 11) is 4.47. The van der Waals surface area contributed by atoms with Gasteiger partial charge in [-0.15, -0.1) is 0 Å². The molecule has 106 valence electrons. The van der Waals surface area contributed by atoms with Gasteiger partial charge in [-0.25, -0.2) is 0 Å². The van der Waals surface area contributed by atoms with Crippen molar-refractivity contribution in [3.8, 4) is 0 Å². The van der Waals surface area contributed by atoms with Crippen molar-refractivity contribution in [3.05, 3.63) is 12.2 Å². The zero-order chi connectivity index (χ0) is 13.5. The van der Waals surface area contributed by atoms with Gasteiger partial charge in [0.15, 0.2) is 0 Å². The van der Waals surface area contributed by atoms with E-state index in [1.165, 1.54) is 38.5 Å². The van der Waals surface area contributed by atoms with E-state index in [0.29, 0.717) is 0 Å². The molecule has 18 heavy (non-hydrogen) atoms. The van der Waals surface area contributed by atoms with Crippen LogP contribution in [-0.2, 0) is 0 Å². The van der Waals surface area contributed by atoms with Gasteiger partial charge in [0.25, 0.3) is 0 Å². The Balaban J connectivity index is 2.43. The van der Waals surface area contributed by atoms with Gasteiger partial charge in [-0.05, 0) is 57.5 Å². The molecule has 1 heteroatoms. The Bertz CT molecular complexity index is 244. The molecule has 1 nitrogen and oxygen atoms in total. The highest BCUT2D eigenvalue weighted by Gasteiger charge is 2.32. The van der Waals surface area contributed by atoms with Crippen molar-refractivity contribution in [2.75, 3.05) is 14.1 Å².